The zero-order valence-electron chi connectivity index (χ0n) is 11.9. The van der Waals surface area contributed by atoms with Crippen LogP contribution in [-0.2, 0) is 0 Å². The van der Waals surface area contributed by atoms with Crippen LogP contribution in [0.2, 0.25) is 0 Å². The molecule has 0 amide bonds. The quantitative estimate of drug-likeness (QED) is 0.404. The molecule has 0 radical (unpaired) electrons. The van der Waals surface area contributed by atoms with Crippen LogP contribution in [-0.4, -0.2) is 31.7 Å². The molecule has 0 saturated heterocycles. The van der Waals surface area contributed by atoms with Crippen molar-refractivity contribution in [1.82, 2.24) is 0 Å². The predicted octanol–water partition coefficient (Wildman–Crippen LogP) is 1.23. The lowest BCUT2D eigenvalue weighted by Crippen LogP contribution is -3.00. The summed E-state index contributed by atoms with van der Waals surface area (Å²) in [5.74, 6) is 0. The minimum atomic E-state index is 0. The summed E-state index contributed by atoms with van der Waals surface area (Å²) in [6, 6.07) is 0. The average molecular weight is 250 g/mol. The summed E-state index contributed by atoms with van der Waals surface area (Å²) >= 11 is 0. The van der Waals surface area contributed by atoms with E-state index >= 15 is 0 Å². The zero-order chi connectivity index (χ0) is 11.6. The number of nitrogens with zero attached hydrogens (tertiary/aromatic N) is 1. The maximum atomic E-state index is 2.36. The van der Waals surface area contributed by atoms with Crippen LogP contribution in [0, 0.1) is 0 Å². The van der Waals surface area contributed by atoms with Crippen LogP contribution in [0.3, 0.4) is 0 Å². The maximum Gasteiger partial charge on any atom is 0.0782 e. The molecule has 0 aliphatic rings. The van der Waals surface area contributed by atoms with Crippen LogP contribution in [0.1, 0.15) is 65.2 Å². The van der Waals surface area contributed by atoms with E-state index in [-0.39, 0.29) is 12.4 Å². The Morgan fingerprint density at radius 3 is 1.62 bits per heavy atom. The second-order valence-electron chi connectivity index (χ2n) is 5.50. The van der Waals surface area contributed by atoms with Crippen LogP contribution in [0.15, 0.2) is 0 Å². The fraction of sp³-hybridized carbons (Fsp3) is 1.00. The topological polar surface area (TPSA) is 0 Å². The Balaban J connectivity index is 0. The van der Waals surface area contributed by atoms with E-state index < -0.39 is 0 Å². The molecule has 0 rings (SSSR count). The van der Waals surface area contributed by atoms with Crippen LogP contribution in [0.5, 0.6) is 0 Å². The number of unbranched alkanes of at least 4 members (excludes halogenated alkanes) is 6. The monoisotopic (exact) mass is 249 g/mol. The first kappa shape index (κ1) is 18.6. The van der Waals surface area contributed by atoms with E-state index in [1.54, 1.807) is 0 Å². The first-order valence-corrected chi connectivity index (χ1v) is 6.94. The van der Waals surface area contributed by atoms with Gasteiger partial charge in [-0.1, -0.05) is 46.0 Å². The van der Waals surface area contributed by atoms with Crippen molar-refractivity contribution < 1.29 is 16.9 Å². The summed E-state index contributed by atoms with van der Waals surface area (Å²) in [5, 5.41) is 0. The summed E-state index contributed by atoms with van der Waals surface area (Å²) in [5.41, 5.74) is 0. The van der Waals surface area contributed by atoms with E-state index in [2.05, 4.69) is 27.9 Å². The Kier molecular flexibility index (Phi) is 13.6. The minimum Gasteiger partial charge on any atom is -1.00 e. The SMILES string of the molecule is CCCCCCCCC[N+](C)(C)CCC.[Cl-]. The van der Waals surface area contributed by atoms with Crippen molar-refractivity contribution >= 4 is 0 Å². The van der Waals surface area contributed by atoms with E-state index in [1.165, 1.54) is 68.9 Å². The van der Waals surface area contributed by atoms with Gasteiger partial charge in [0.25, 0.3) is 0 Å². The summed E-state index contributed by atoms with van der Waals surface area (Å²) in [4.78, 5) is 0. The average Bonchev–Trinajstić information content (AvgIpc) is 2.16. The second kappa shape index (κ2) is 11.7. The van der Waals surface area contributed by atoms with Gasteiger partial charge >= 0.3 is 0 Å². The van der Waals surface area contributed by atoms with Gasteiger partial charge < -0.3 is 16.9 Å². The standard InChI is InChI=1S/C14H32N.ClH/c1-5-7-8-9-10-11-12-14-15(3,4)13-6-2;/h5-14H2,1-4H3;1H/q+1;/p-1. The lowest BCUT2D eigenvalue weighted by molar-refractivity contribution is -0.890. The molecule has 0 aromatic carbocycles. The summed E-state index contributed by atoms with van der Waals surface area (Å²) in [6.45, 7) is 7.26. The predicted molar refractivity (Wildman–Crippen MR) is 70.1 cm³/mol. The zero-order valence-corrected chi connectivity index (χ0v) is 12.7. The van der Waals surface area contributed by atoms with Gasteiger partial charge in [-0.25, -0.2) is 0 Å². The molecular weight excluding hydrogens is 218 g/mol. The van der Waals surface area contributed by atoms with Gasteiger partial charge in [-0.2, -0.15) is 0 Å². The van der Waals surface area contributed by atoms with Gasteiger partial charge in [-0.3, -0.25) is 0 Å². The molecule has 0 N–H and O–H groups in total. The largest absolute Gasteiger partial charge is 1.00 e. The van der Waals surface area contributed by atoms with Gasteiger partial charge in [0.15, 0.2) is 0 Å². The number of hydrogen-bond acceptors (Lipinski definition) is 0. The van der Waals surface area contributed by atoms with E-state index in [1.807, 2.05) is 0 Å². The molecular formula is C14H32ClN. The molecule has 0 saturated carbocycles. The highest BCUT2D eigenvalue weighted by Gasteiger charge is 2.11. The smallest absolute Gasteiger partial charge is 0.0782 e. The number of hydrogen-bond donors (Lipinski definition) is 0. The van der Waals surface area contributed by atoms with Crippen molar-refractivity contribution in [3.05, 3.63) is 0 Å². The molecule has 0 unspecified atom stereocenters. The Hall–Kier alpha value is 0.250. The van der Waals surface area contributed by atoms with Gasteiger partial charge in [0.05, 0.1) is 27.2 Å². The molecule has 0 aliphatic heterocycles. The fourth-order valence-corrected chi connectivity index (χ4v) is 2.21. The molecule has 0 spiro atoms. The molecule has 0 bridgehead atoms. The summed E-state index contributed by atoms with van der Waals surface area (Å²) in [7, 11) is 4.72. The first-order chi connectivity index (χ1) is 7.12. The van der Waals surface area contributed by atoms with Crippen molar-refractivity contribution in [1.29, 1.82) is 0 Å². The van der Waals surface area contributed by atoms with Gasteiger partial charge in [0.2, 0.25) is 0 Å². The van der Waals surface area contributed by atoms with Crippen LogP contribution >= 0.6 is 0 Å². The highest BCUT2D eigenvalue weighted by Crippen LogP contribution is 2.09. The van der Waals surface area contributed by atoms with E-state index in [4.69, 9.17) is 0 Å². The number of halogens is 1. The second-order valence-corrected chi connectivity index (χ2v) is 5.50. The Morgan fingerprint density at radius 1 is 0.625 bits per heavy atom. The van der Waals surface area contributed by atoms with Crippen molar-refractivity contribution in [3.63, 3.8) is 0 Å². The van der Waals surface area contributed by atoms with Crippen LogP contribution in [0.25, 0.3) is 0 Å². The molecule has 0 heterocycles. The molecule has 2 heteroatoms. The van der Waals surface area contributed by atoms with Crippen LogP contribution < -0.4 is 12.4 Å². The van der Waals surface area contributed by atoms with Crippen LogP contribution in [0.4, 0.5) is 0 Å². The molecule has 1 nitrogen and oxygen atoms in total. The first-order valence-electron chi connectivity index (χ1n) is 6.94. The molecule has 0 aromatic heterocycles. The molecule has 100 valence electrons. The maximum absolute atomic E-state index is 2.36. The van der Waals surface area contributed by atoms with E-state index in [0.717, 1.165) is 0 Å². The number of rotatable bonds is 10. The Bertz CT molecular complexity index is 135. The van der Waals surface area contributed by atoms with E-state index in [0.29, 0.717) is 0 Å². The molecule has 0 aliphatic carbocycles. The van der Waals surface area contributed by atoms with E-state index in [9.17, 15) is 0 Å². The van der Waals surface area contributed by atoms with Crippen molar-refractivity contribution in [3.8, 4) is 0 Å². The Labute approximate surface area is 110 Å². The third kappa shape index (κ3) is 12.3. The molecule has 16 heavy (non-hydrogen) atoms. The van der Waals surface area contributed by atoms with Gasteiger partial charge in [-0.15, -0.1) is 0 Å². The van der Waals surface area contributed by atoms with Gasteiger partial charge in [-0.05, 0) is 19.3 Å². The fourth-order valence-electron chi connectivity index (χ4n) is 2.21. The highest BCUT2D eigenvalue weighted by atomic mass is 35.5. The summed E-state index contributed by atoms with van der Waals surface area (Å²) in [6.07, 6.45) is 11.3. The molecule has 0 atom stereocenters. The van der Waals surface area contributed by atoms with Crippen molar-refractivity contribution in [2.45, 2.75) is 65.2 Å². The lowest BCUT2D eigenvalue weighted by atomic mass is 10.1. The third-order valence-corrected chi connectivity index (χ3v) is 3.20. The normalized spacial score (nSPS) is 11.2. The lowest BCUT2D eigenvalue weighted by Gasteiger charge is -2.29. The van der Waals surface area contributed by atoms with Crippen molar-refractivity contribution in [2.24, 2.45) is 0 Å². The minimum absolute atomic E-state index is 0. The molecule has 0 aromatic rings. The number of quaternary nitrogens is 1. The molecule has 0 fully saturated rings. The van der Waals surface area contributed by atoms with Gasteiger partial charge in [0, 0.05) is 0 Å². The Morgan fingerprint density at radius 2 is 1.12 bits per heavy atom. The highest BCUT2D eigenvalue weighted by molar-refractivity contribution is 4.45. The van der Waals surface area contributed by atoms with Gasteiger partial charge in [0.1, 0.15) is 0 Å². The van der Waals surface area contributed by atoms with Crippen molar-refractivity contribution in [2.75, 3.05) is 27.2 Å². The summed E-state index contributed by atoms with van der Waals surface area (Å²) < 4.78 is 1.21. The third-order valence-electron chi connectivity index (χ3n) is 3.20.